The highest BCUT2D eigenvalue weighted by Gasteiger charge is 2.20. The van der Waals surface area contributed by atoms with Crippen molar-refractivity contribution in [3.05, 3.63) is 65.0 Å². The van der Waals surface area contributed by atoms with Crippen LogP contribution in [-0.2, 0) is 9.47 Å². The fraction of sp³-hybridized carbons (Fsp3) is 0.222. The molecule has 126 valence electrons. The van der Waals surface area contributed by atoms with Gasteiger partial charge in [0, 0.05) is 12.2 Å². The van der Waals surface area contributed by atoms with E-state index in [0.29, 0.717) is 12.2 Å². The third-order valence-corrected chi connectivity index (χ3v) is 3.27. The molecule has 0 fully saturated rings. The SMILES string of the molecule is CCOCOc1cccc(F)c1C(=O)c1ccc(C(=O)OC)cc1. The van der Waals surface area contributed by atoms with Gasteiger partial charge in [0.15, 0.2) is 12.6 Å². The maximum absolute atomic E-state index is 14.1. The lowest BCUT2D eigenvalue weighted by molar-refractivity contribution is 0.0218. The summed E-state index contributed by atoms with van der Waals surface area (Å²) in [6.45, 7) is 2.15. The molecule has 5 nitrogen and oxygen atoms in total. The van der Waals surface area contributed by atoms with Crippen molar-refractivity contribution in [3.8, 4) is 5.75 Å². The molecule has 0 aliphatic rings. The summed E-state index contributed by atoms with van der Waals surface area (Å²) in [4.78, 5) is 24.0. The number of methoxy groups -OCH3 is 1. The molecule has 0 spiro atoms. The van der Waals surface area contributed by atoms with E-state index in [1.165, 1.54) is 49.6 Å². The number of hydrogen-bond acceptors (Lipinski definition) is 5. The number of esters is 1. The topological polar surface area (TPSA) is 61.8 Å². The molecule has 0 atom stereocenters. The highest BCUT2D eigenvalue weighted by molar-refractivity contribution is 6.11. The lowest BCUT2D eigenvalue weighted by Gasteiger charge is -2.11. The molecule has 2 aromatic carbocycles. The van der Waals surface area contributed by atoms with Crippen molar-refractivity contribution in [2.24, 2.45) is 0 Å². The predicted octanol–water partition coefficient (Wildman–Crippen LogP) is 3.22. The Hall–Kier alpha value is -2.73. The molecule has 0 aliphatic heterocycles. The Bertz CT molecular complexity index is 725. The number of carbonyl (C=O) groups excluding carboxylic acids is 2. The Labute approximate surface area is 139 Å². The zero-order chi connectivity index (χ0) is 17.5. The van der Waals surface area contributed by atoms with E-state index in [-0.39, 0.29) is 23.7 Å². The van der Waals surface area contributed by atoms with Crippen molar-refractivity contribution in [1.29, 1.82) is 0 Å². The van der Waals surface area contributed by atoms with Crippen molar-refractivity contribution >= 4 is 11.8 Å². The van der Waals surface area contributed by atoms with E-state index in [9.17, 15) is 14.0 Å². The van der Waals surface area contributed by atoms with Gasteiger partial charge in [-0.15, -0.1) is 0 Å². The molecule has 0 saturated heterocycles. The minimum atomic E-state index is -0.689. The third kappa shape index (κ3) is 3.97. The Morgan fingerprint density at radius 2 is 1.71 bits per heavy atom. The number of hydrogen-bond donors (Lipinski definition) is 0. The number of halogens is 1. The Morgan fingerprint density at radius 3 is 2.33 bits per heavy atom. The lowest BCUT2D eigenvalue weighted by atomic mass is 10.0. The van der Waals surface area contributed by atoms with Crippen molar-refractivity contribution in [1.82, 2.24) is 0 Å². The van der Waals surface area contributed by atoms with Crippen LogP contribution in [0.15, 0.2) is 42.5 Å². The normalized spacial score (nSPS) is 10.3. The average molecular weight is 332 g/mol. The molecule has 0 amide bonds. The van der Waals surface area contributed by atoms with Gasteiger partial charge in [-0.05, 0) is 31.2 Å². The first-order valence-corrected chi connectivity index (χ1v) is 7.30. The van der Waals surface area contributed by atoms with Gasteiger partial charge in [-0.1, -0.05) is 18.2 Å². The van der Waals surface area contributed by atoms with E-state index < -0.39 is 17.6 Å². The molecular weight excluding hydrogens is 315 g/mol. The second kappa shape index (κ2) is 8.21. The Morgan fingerprint density at radius 1 is 1.04 bits per heavy atom. The van der Waals surface area contributed by atoms with Crippen molar-refractivity contribution in [3.63, 3.8) is 0 Å². The lowest BCUT2D eigenvalue weighted by Crippen LogP contribution is -2.11. The van der Waals surface area contributed by atoms with Crippen LogP contribution in [0.1, 0.15) is 33.2 Å². The van der Waals surface area contributed by atoms with Crippen LogP contribution in [0.25, 0.3) is 0 Å². The first-order chi connectivity index (χ1) is 11.6. The number of carbonyl (C=O) groups is 2. The number of benzene rings is 2. The number of rotatable bonds is 7. The van der Waals surface area contributed by atoms with Crippen LogP contribution in [0.2, 0.25) is 0 Å². The fourth-order valence-corrected chi connectivity index (χ4v) is 2.05. The molecule has 2 rings (SSSR count). The Kier molecular flexibility index (Phi) is 6.03. The summed E-state index contributed by atoms with van der Waals surface area (Å²) in [7, 11) is 1.27. The number of ketones is 1. The molecule has 0 N–H and O–H groups in total. The maximum Gasteiger partial charge on any atom is 0.337 e. The predicted molar refractivity (Wildman–Crippen MR) is 84.7 cm³/mol. The summed E-state index contributed by atoms with van der Waals surface area (Å²) in [5, 5.41) is 0. The minimum Gasteiger partial charge on any atom is -0.467 e. The zero-order valence-electron chi connectivity index (χ0n) is 13.4. The highest BCUT2D eigenvalue weighted by atomic mass is 19.1. The molecule has 0 radical (unpaired) electrons. The van der Waals surface area contributed by atoms with Gasteiger partial charge in [-0.25, -0.2) is 9.18 Å². The third-order valence-electron chi connectivity index (χ3n) is 3.27. The molecule has 6 heteroatoms. The molecule has 0 aliphatic carbocycles. The van der Waals surface area contributed by atoms with Gasteiger partial charge in [0.25, 0.3) is 0 Å². The summed E-state index contributed by atoms with van der Waals surface area (Å²) in [6, 6.07) is 9.90. The van der Waals surface area contributed by atoms with Gasteiger partial charge in [0.1, 0.15) is 17.1 Å². The van der Waals surface area contributed by atoms with Gasteiger partial charge >= 0.3 is 5.97 Å². The van der Waals surface area contributed by atoms with E-state index in [0.717, 1.165) is 0 Å². The van der Waals surface area contributed by atoms with Crippen LogP contribution in [0, 0.1) is 5.82 Å². The molecule has 0 saturated carbocycles. The van der Waals surface area contributed by atoms with Crippen LogP contribution in [0.5, 0.6) is 5.75 Å². The molecule has 2 aromatic rings. The van der Waals surface area contributed by atoms with Crippen molar-refractivity contribution < 1.29 is 28.2 Å². The van der Waals surface area contributed by atoms with Gasteiger partial charge in [-0.2, -0.15) is 0 Å². The second-order valence-electron chi connectivity index (χ2n) is 4.77. The van der Waals surface area contributed by atoms with Crippen molar-refractivity contribution in [2.45, 2.75) is 6.92 Å². The van der Waals surface area contributed by atoms with Crippen LogP contribution < -0.4 is 4.74 Å². The summed E-state index contributed by atoms with van der Waals surface area (Å²) in [6.07, 6.45) is 0. The van der Waals surface area contributed by atoms with Crippen LogP contribution in [-0.4, -0.2) is 32.3 Å². The van der Waals surface area contributed by atoms with E-state index in [1.807, 2.05) is 0 Å². The zero-order valence-corrected chi connectivity index (χ0v) is 13.4. The van der Waals surface area contributed by atoms with E-state index >= 15 is 0 Å². The standard InChI is InChI=1S/C18H17FO5/c1-3-23-11-24-15-6-4-5-14(19)16(15)17(20)12-7-9-13(10-8-12)18(21)22-2/h4-10H,3,11H2,1-2H3. The maximum atomic E-state index is 14.1. The van der Waals surface area contributed by atoms with Crippen LogP contribution in [0.4, 0.5) is 4.39 Å². The Balaban J connectivity index is 2.30. The van der Waals surface area contributed by atoms with Gasteiger partial charge < -0.3 is 14.2 Å². The van der Waals surface area contributed by atoms with Crippen molar-refractivity contribution in [2.75, 3.05) is 20.5 Å². The second-order valence-corrected chi connectivity index (χ2v) is 4.77. The monoisotopic (exact) mass is 332 g/mol. The number of ether oxygens (including phenoxy) is 3. The largest absolute Gasteiger partial charge is 0.467 e. The molecule has 0 aromatic heterocycles. The van der Waals surface area contributed by atoms with Gasteiger partial charge in [0.2, 0.25) is 0 Å². The van der Waals surface area contributed by atoms with Crippen LogP contribution >= 0.6 is 0 Å². The highest BCUT2D eigenvalue weighted by Crippen LogP contribution is 2.25. The summed E-state index contributed by atoms with van der Waals surface area (Å²) in [5.74, 6) is -1.65. The van der Waals surface area contributed by atoms with E-state index in [1.54, 1.807) is 6.92 Å². The summed E-state index contributed by atoms with van der Waals surface area (Å²) in [5.41, 5.74) is 0.354. The molecule has 0 unspecified atom stereocenters. The first-order valence-electron chi connectivity index (χ1n) is 7.30. The smallest absolute Gasteiger partial charge is 0.337 e. The molecule has 0 bridgehead atoms. The van der Waals surface area contributed by atoms with E-state index in [4.69, 9.17) is 9.47 Å². The minimum absolute atomic E-state index is 0.0818. The average Bonchev–Trinajstić information content (AvgIpc) is 2.61. The molecule has 24 heavy (non-hydrogen) atoms. The summed E-state index contributed by atoms with van der Waals surface area (Å²) >= 11 is 0. The van der Waals surface area contributed by atoms with E-state index in [2.05, 4.69) is 4.74 Å². The molecule has 0 heterocycles. The summed E-state index contributed by atoms with van der Waals surface area (Å²) < 4.78 is 29.1. The van der Waals surface area contributed by atoms with Gasteiger partial charge in [0.05, 0.1) is 12.7 Å². The van der Waals surface area contributed by atoms with Crippen LogP contribution in [0.3, 0.4) is 0 Å². The first kappa shape index (κ1) is 17.6. The van der Waals surface area contributed by atoms with Gasteiger partial charge in [-0.3, -0.25) is 4.79 Å². The fourth-order valence-electron chi connectivity index (χ4n) is 2.05. The quantitative estimate of drug-likeness (QED) is 0.337. The molecular formula is C18H17FO5.